The number of carbonyl (C=O) groups excluding carboxylic acids is 1. The van der Waals surface area contributed by atoms with E-state index in [2.05, 4.69) is 15.8 Å². The molecule has 0 radical (unpaired) electrons. The number of benzene rings is 1. The molecular formula is C27H25F2N3O3. The van der Waals surface area contributed by atoms with Crippen molar-refractivity contribution in [2.75, 3.05) is 0 Å². The lowest BCUT2D eigenvalue weighted by Crippen LogP contribution is -2.26. The van der Waals surface area contributed by atoms with Crippen LogP contribution in [0, 0.1) is 19.8 Å². The van der Waals surface area contributed by atoms with Gasteiger partial charge >= 0.3 is 5.97 Å². The third-order valence-electron chi connectivity index (χ3n) is 7.27. The Hall–Kier alpha value is -3.55. The van der Waals surface area contributed by atoms with E-state index in [0.717, 1.165) is 50.3 Å². The number of nitrogens with zero attached hydrogens (tertiary/aromatic N) is 3. The van der Waals surface area contributed by atoms with E-state index in [0.29, 0.717) is 25.1 Å². The molecule has 0 atom stereocenters. The van der Waals surface area contributed by atoms with Gasteiger partial charge in [-0.2, -0.15) is 0 Å². The predicted octanol–water partition coefficient (Wildman–Crippen LogP) is 6.26. The number of fused-ring (bicyclic) bond motifs is 2. The van der Waals surface area contributed by atoms with Crippen LogP contribution in [0.3, 0.4) is 0 Å². The number of ether oxygens (including phenoxy) is 1. The number of rotatable bonds is 4. The normalized spacial score (nSPS) is 17.7. The molecule has 3 aromatic heterocycles. The molecule has 6 nitrogen and oxygen atoms in total. The van der Waals surface area contributed by atoms with Crippen LogP contribution in [0.15, 0.2) is 41.2 Å². The molecule has 8 heteroatoms. The number of hydrogen-bond donors (Lipinski definition) is 0. The van der Waals surface area contributed by atoms with Crippen LogP contribution in [0.25, 0.3) is 33.3 Å². The topological polar surface area (TPSA) is 70.2 Å². The third-order valence-corrected chi connectivity index (χ3v) is 7.27. The second-order valence-corrected chi connectivity index (χ2v) is 9.76. The van der Waals surface area contributed by atoms with Crippen LogP contribution in [0.5, 0.6) is 5.75 Å². The van der Waals surface area contributed by atoms with Crippen molar-refractivity contribution in [3.63, 3.8) is 0 Å². The molecule has 1 saturated carbocycles. The summed E-state index contributed by atoms with van der Waals surface area (Å²) in [5.41, 5.74) is 7.02. The summed E-state index contributed by atoms with van der Waals surface area (Å²) in [5, 5.41) is 4.07. The Labute approximate surface area is 200 Å². The Bertz CT molecular complexity index is 1440. The first-order valence-corrected chi connectivity index (χ1v) is 11.9. The van der Waals surface area contributed by atoms with E-state index in [1.165, 1.54) is 0 Å². The largest absolute Gasteiger partial charge is 0.426 e. The van der Waals surface area contributed by atoms with Crippen LogP contribution in [-0.4, -0.2) is 26.6 Å². The molecule has 1 aliphatic carbocycles. The van der Waals surface area contributed by atoms with Crippen LogP contribution in [0.4, 0.5) is 8.78 Å². The van der Waals surface area contributed by atoms with Crippen LogP contribution < -0.4 is 4.74 Å². The summed E-state index contributed by atoms with van der Waals surface area (Å²) in [6.45, 7) is 4.41. The molecule has 6 rings (SSSR count). The Morgan fingerprint density at radius 3 is 2.69 bits per heavy atom. The summed E-state index contributed by atoms with van der Waals surface area (Å²) in [6, 6.07) is 7.85. The fourth-order valence-corrected chi connectivity index (χ4v) is 5.40. The van der Waals surface area contributed by atoms with Gasteiger partial charge in [0.1, 0.15) is 11.5 Å². The van der Waals surface area contributed by atoms with Gasteiger partial charge in [0.05, 0.1) is 23.1 Å². The molecule has 1 aliphatic heterocycles. The quantitative estimate of drug-likeness (QED) is 0.256. The Morgan fingerprint density at radius 2 is 1.94 bits per heavy atom. The highest BCUT2D eigenvalue weighted by Crippen LogP contribution is 2.40. The first-order chi connectivity index (χ1) is 16.8. The van der Waals surface area contributed by atoms with Crippen molar-refractivity contribution in [2.45, 2.75) is 58.4 Å². The van der Waals surface area contributed by atoms with Gasteiger partial charge in [-0.3, -0.25) is 9.78 Å². The Balaban J connectivity index is 1.45. The fourth-order valence-electron chi connectivity index (χ4n) is 5.40. The number of aromatic nitrogens is 3. The van der Waals surface area contributed by atoms with Crippen LogP contribution in [-0.2, 0) is 17.8 Å². The minimum Gasteiger partial charge on any atom is -0.426 e. The predicted molar refractivity (Wildman–Crippen MR) is 126 cm³/mol. The number of aryl methyl sites for hydroxylation is 2. The monoisotopic (exact) mass is 477 g/mol. The highest BCUT2D eigenvalue weighted by atomic mass is 19.3. The minimum atomic E-state index is -2.56. The second-order valence-electron chi connectivity index (χ2n) is 9.76. The zero-order valence-corrected chi connectivity index (χ0v) is 19.6. The van der Waals surface area contributed by atoms with Crippen molar-refractivity contribution in [1.82, 2.24) is 14.7 Å². The molecule has 2 aliphatic rings. The molecule has 0 N–H and O–H groups in total. The lowest BCUT2D eigenvalue weighted by atomic mass is 9.87. The van der Waals surface area contributed by atoms with Gasteiger partial charge in [0.2, 0.25) is 5.92 Å². The van der Waals surface area contributed by atoms with Gasteiger partial charge in [0, 0.05) is 54.0 Å². The van der Waals surface area contributed by atoms with E-state index in [1.807, 2.05) is 44.4 Å². The van der Waals surface area contributed by atoms with E-state index in [4.69, 9.17) is 14.2 Å². The standard InChI is InChI=1S/C27H25F2N3O3/c1-15-25(16(2)35-31-15)20-9-22-26(30-12-20)21(18-3-4-19-11-24(33)34-23(19)10-18)14-32(22)13-17-5-7-27(28,29)8-6-17/h3-4,9-10,12,14,17H,5-8,11,13H2,1-2H3. The summed E-state index contributed by atoms with van der Waals surface area (Å²) in [5.74, 6) is -1.34. The first-order valence-electron chi connectivity index (χ1n) is 11.9. The van der Waals surface area contributed by atoms with Crippen molar-refractivity contribution >= 4 is 17.0 Å². The lowest BCUT2D eigenvalue weighted by Gasteiger charge is -2.28. The molecule has 4 heterocycles. The van der Waals surface area contributed by atoms with Gasteiger partial charge in [-0.05, 0) is 50.3 Å². The second kappa shape index (κ2) is 8.00. The first kappa shape index (κ1) is 21.9. The molecule has 180 valence electrons. The number of carbonyl (C=O) groups is 1. The number of hydrogen-bond acceptors (Lipinski definition) is 5. The third kappa shape index (κ3) is 3.90. The number of esters is 1. The number of pyridine rings is 1. The zero-order chi connectivity index (χ0) is 24.3. The molecule has 0 saturated heterocycles. The number of halogens is 2. The maximum Gasteiger partial charge on any atom is 0.315 e. The summed E-state index contributed by atoms with van der Waals surface area (Å²) in [6.07, 6.45) is 4.99. The smallest absolute Gasteiger partial charge is 0.315 e. The highest BCUT2D eigenvalue weighted by molar-refractivity contribution is 5.96. The van der Waals surface area contributed by atoms with Crippen molar-refractivity contribution in [3.05, 3.63) is 53.7 Å². The van der Waals surface area contributed by atoms with E-state index in [-0.39, 0.29) is 31.1 Å². The average Bonchev–Trinajstić information content (AvgIpc) is 3.48. The van der Waals surface area contributed by atoms with Gasteiger partial charge in [0.15, 0.2) is 0 Å². The molecular weight excluding hydrogens is 452 g/mol. The van der Waals surface area contributed by atoms with E-state index >= 15 is 0 Å². The fraction of sp³-hybridized carbons (Fsp3) is 0.370. The molecule has 0 spiro atoms. The van der Waals surface area contributed by atoms with Gasteiger partial charge in [-0.15, -0.1) is 0 Å². The highest BCUT2D eigenvalue weighted by Gasteiger charge is 2.35. The van der Waals surface area contributed by atoms with Crippen LogP contribution in [0.1, 0.15) is 42.7 Å². The summed E-state index contributed by atoms with van der Waals surface area (Å²) in [7, 11) is 0. The zero-order valence-electron chi connectivity index (χ0n) is 19.6. The molecule has 4 aromatic rings. The molecule has 1 fully saturated rings. The van der Waals surface area contributed by atoms with E-state index in [9.17, 15) is 13.6 Å². The van der Waals surface area contributed by atoms with Crippen LogP contribution in [0.2, 0.25) is 0 Å². The summed E-state index contributed by atoms with van der Waals surface area (Å²) < 4.78 is 40.4. The lowest BCUT2D eigenvalue weighted by molar-refractivity contribution is -0.131. The van der Waals surface area contributed by atoms with E-state index in [1.54, 1.807) is 0 Å². The molecule has 0 unspecified atom stereocenters. The SMILES string of the molecule is Cc1noc(C)c1-c1cnc2c(-c3ccc4c(c3)OC(=O)C4)cn(CC3CCC(F)(F)CC3)c2c1. The Morgan fingerprint density at radius 1 is 1.14 bits per heavy atom. The van der Waals surface area contributed by atoms with Gasteiger partial charge in [0.25, 0.3) is 0 Å². The maximum absolute atomic E-state index is 13.7. The van der Waals surface area contributed by atoms with E-state index < -0.39 is 5.92 Å². The number of alkyl halides is 2. The van der Waals surface area contributed by atoms with Crippen molar-refractivity contribution in [1.29, 1.82) is 0 Å². The van der Waals surface area contributed by atoms with Gasteiger partial charge in [-0.25, -0.2) is 8.78 Å². The maximum atomic E-state index is 13.7. The average molecular weight is 478 g/mol. The molecule has 35 heavy (non-hydrogen) atoms. The summed E-state index contributed by atoms with van der Waals surface area (Å²) >= 11 is 0. The van der Waals surface area contributed by atoms with Crippen molar-refractivity contribution < 1.29 is 22.8 Å². The summed E-state index contributed by atoms with van der Waals surface area (Å²) in [4.78, 5) is 16.6. The van der Waals surface area contributed by atoms with Gasteiger partial charge in [-0.1, -0.05) is 17.3 Å². The van der Waals surface area contributed by atoms with Crippen LogP contribution >= 0.6 is 0 Å². The molecule has 1 aromatic carbocycles. The van der Waals surface area contributed by atoms with Crippen molar-refractivity contribution in [2.24, 2.45) is 5.92 Å². The minimum absolute atomic E-state index is 0.0670. The van der Waals surface area contributed by atoms with Crippen molar-refractivity contribution in [3.8, 4) is 28.0 Å². The molecule has 0 amide bonds. The molecule has 0 bridgehead atoms. The Kier molecular flexibility index (Phi) is 5.02. The van der Waals surface area contributed by atoms with Gasteiger partial charge < -0.3 is 13.8 Å².